The van der Waals surface area contributed by atoms with Crippen LogP contribution in [0.4, 0.5) is 10.5 Å². The highest BCUT2D eigenvalue weighted by atomic mass is 32.2. The molecule has 0 spiro atoms. The molecular formula is C29H45N3O8SSi. The van der Waals surface area contributed by atoms with Crippen LogP contribution in [0.2, 0.25) is 18.1 Å². The molecule has 0 saturated heterocycles. The molecule has 0 bridgehead atoms. The predicted molar refractivity (Wildman–Crippen MR) is 165 cm³/mol. The molecule has 0 aliphatic carbocycles. The maximum absolute atomic E-state index is 14.0. The molecule has 11 nitrogen and oxygen atoms in total. The van der Waals surface area contributed by atoms with Crippen molar-refractivity contribution in [2.24, 2.45) is 0 Å². The van der Waals surface area contributed by atoms with Crippen molar-refractivity contribution in [3.8, 4) is 0 Å². The molecule has 13 heteroatoms. The number of hydrogen-bond acceptors (Lipinski definition) is 8. The number of benzene rings is 1. The van der Waals surface area contributed by atoms with E-state index < -0.39 is 57.6 Å². The van der Waals surface area contributed by atoms with E-state index in [1.165, 1.54) is 23.1 Å². The molecule has 0 saturated carbocycles. The van der Waals surface area contributed by atoms with Crippen LogP contribution in [0.25, 0.3) is 0 Å². The first-order valence-corrected chi connectivity index (χ1v) is 18.0. The Balaban J connectivity index is 2.73. The summed E-state index contributed by atoms with van der Waals surface area (Å²) in [5.41, 5.74) is -0.409. The molecular weight excluding hydrogens is 578 g/mol. The summed E-state index contributed by atoms with van der Waals surface area (Å²) in [4.78, 5) is 31.1. The minimum absolute atomic E-state index is 0.0876. The number of hydroxylamine groups is 1. The summed E-state index contributed by atoms with van der Waals surface area (Å²) in [6, 6.07) is 3.31. The van der Waals surface area contributed by atoms with Crippen LogP contribution in [0, 0.1) is 10.1 Å². The van der Waals surface area contributed by atoms with E-state index in [1.54, 1.807) is 33.8 Å². The fourth-order valence-electron chi connectivity index (χ4n) is 3.99. The summed E-state index contributed by atoms with van der Waals surface area (Å²) in [5.74, 6) is 0. The van der Waals surface area contributed by atoms with E-state index >= 15 is 0 Å². The Morgan fingerprint density at radius 3 is 2.31 bits per heavy atom. The van der Waals surface area contributed by atoms with Gasteiger partial charge in [0, 0.05) is 12.6 Å². The van der Waals surface area contributed by atoms with Crippen LogP contribution in [-0.4, -0.2) is 74.6 Å². The van der Waals surface area contributed by atoms with Gasteiger partial charge in [0.05, 0.1) is 30.2 Å². The van der Waals surface area contributed by atoms with Gasteiger partial charge in [-0.3, -0.25) is 19.9 Å². The van der Waals surface area contributed by atoms with Crippen LogP contribution < -0.4 is 0 Å². The SMILES string of the molecule is C=CCON(C1CN(C(=O)OC(C)(C)C)C(CO[Si](C)(C)C(C)(C)C)C=C1C(=C)C)S(=O)(=O)c1ccccc1[N+](=O)[O-]. The standard InChI is InChI=1S/C29H45N3O8SSi/c1-12-17-38-32(41(36,37)26-16-14-13-15-24(26)31(34)35)25-19-30(27(33)40-28(4,5)6)22(18-23(25)21(2)3)20-39-42(10,11)29(7,8)9/h12-16,18,22,25H,1-2,17,19-20H2,3-11H3. The number of nitro benzene ring substituents is 1. The van der Waals surface area contributed by atoms with Gasteiger partial charge in [-0.1, -0.05) is 61.7 Å². The topological polar surface area (TPSA) is 129 Å². The van der Waals surface area contributed by atoms with Crippen molar-refractivity contribution < 1.29 is 32.1 Å². The lowest BCUT2D eigenvalue weighted by Gasteiger charge is -2.44. The van der Waals surface area contributed by atoms with Crippen LogP contribution in [0.3, 0.4) is 0 Å². The summed E-state index contributed by atoms with van der Waals surface area (Å²) in [6.45, 7) is 24.9. The number of para-hydroxylation sites is 1. The maximum Gasteiger partial charge on any atom is 0.410 e. The molecule has 0 aromatic heterocycles. The molecule has 2 unspecified atom stereocenters. The second-order valence-corrected chi connectivity index (χ2v) is 19.3. The molecule has 42 heavy (non-hydrogen) atoms. The van der Waals surface area contributed by atoms with Gasteiger partial charge in [0.2, 0.25) is 0 Å². The summed E-state index contributed by atoms with van der Waals surface area (Å²) in [6.07, 6.45) is 2.43. The predicted octanol–water partition coefficient (Wildman–Crippen LogP) is 6.22. The van der Waals surface area contributed by atoms with Gasteiger partial charge >= 0.3 is 6.09 Å². The van der Waals surface area contributed by atoms with E-state index in [9.17, 15) is 23.3 Å². The average molecular weight is 624 g/mol. The van der Waals surface area contributed by atoms with Crippen molar-refractivity contribution >= 4 is 30.1 Å². The number of ether oxygens (including phenoxy) is 1. The highest BCUT2D eigenvalue weighted by Crippen LogP contribution is 2.38. The Labute approximate surface area is 251 Å². The minimum Gasteiger partial charge on any atom is -0.444 e. The Morgan fingerprint density at radius 2 is 1.81 bits per heavy atom. The monoisotopic (exact) mass is 623 g/mol. The third kappa shape index (κ3) is 8.38. The summed E-state index contributed by atoms with van der Waals surface area (Å²) in [5, 5.41) is 11.7. The van der Waals surface area contributed by atoms with Gasteiger partial charge in [-0.15, -0.1) is 6.58 Å². The Morgan fingerprint density at radius 1 is 1.21 bits per heavy atom. The number of carbonyl (C=O) groups excluding carboxylic acids is 1. The van der Waals surface area contributed by atoms with E-state index in [4.69, 9.17) is 14.0 Å². The number of sulfonamides is 1. The zero-order valence-electron chi connectivity index (χ0n) is 26.2. The zero-order valence-corrected chi connectivity index (χ0v) is 28.0. The van der Waals surface area contributed by atoms with Crippen molar-refractivity contribution in [2.45, 2.75) is 89.2 Å². The third-order valence-corrected chi connectivity index (χ3v) is 13.4. The van der Waals surface area contributed by atoms with E-state index in [-0.39, 0.29) is 24.8 Å². The van der Waals surface area contributed by atoms with Crippen LogP contribution in [0.1, 0.15) is 48.5 Å². The Kier molecular flexibility index (Phi) is 11.1. The third-order valence-electron chi connectivity index (χ3n) is 7.19. The molecule has 2 atom stereocenters. The lowest BCUT2D eigenvalue weighted by Crippen LogP contribution is -2.57. The van der Waals surface area contributed by atoms with E-state index in [0.29, 0.717) is 15.6 Å². The quantitative estimate of drug-likeness (QED) is 0.123. The first kappa shape index (κ1) is 35.4. The molecule has 2 rings (SSSR count). The van der Waals surface area contributed by atoms with Gasteiger partial charge in [-0.25, -0.2) is 13.2 Å². The molecule has 1 aromatic carbocycles. The number of hydrogen-bond donors (Lipinski definition) is 0. The fourth-order valence-corrected chi connectivity index (χ4v) is 6.58. The Hall–Kier alpha value is -2.84. The number of amides is 1. The molecule has 234 valence electrons. The van der Waals surface area contributed by atoms with Crippen molar-refractivity contribution in [1.29, 1.82) is 0 Å². The van der Waals surface area contributed by atoms with Gasteiger partial charge in [0.1, 0.15) is 5.60 Å². The van der Waals surface area contributed by atoms with Crippen molar-refractivity contribution in [3.63, 3.8) is 0 Å². The number of rotatable bonds is 11. The van der Waals surface area contributed by atoms with Gasteiger partial charge in [-0.05, 0) is 57.5 Å². The zero-order chi connectivity index (χ0) is 32.3. The molecule has 1 heterocycles. The van der Waals surface area contributed by atoms with Crippen molar-refractivity contribution in [1.82, 2.24) is 9.37 Å². The Bertz CT molecular complexity index is 1330. The molecule has 1 aliphatic rings. The summed E-state index contributed by atoms with van der Waals surface area (Å²) < 4.78 is 41.0. The van der Waals surface area contributed by atoms with Crippen molar-refractivity contribution in [3.05, 3.63) is 70.8 Å². The van der Waals surface area contributed by atoms with Gasteiger partial charge in [-0.2, -0.15) is 0 Å². The van der Waals surface area contributed by atoms with Crippen LogP contribution in [0.5, 0.6) is 0 Å². The van der Waals surface area contributed by atoms with E-state index in [1.807, 2.05) is 0 Å². The van der Waals surface area contributed by atoms with Crippen LogP contribution in [0.15, 0.2) is 65.6 Å². The largest absolute Gasteiger partial charge is 0.444 e. The second kappa shape index (κ2) is 13.2. The highest BCUT2D eigenvalue weighted by Gasteiger charge is 2.45. The number of carbonyl (C=O) groups is 1. The number of nitrogens with zero attached hydrogens (tertiary/aromatic N) is 3. The normalized spacial score (nSPS) is 18.4. The molecule has 0 radical (unpaired) electrons. The maximum atomic E-state index is 14.0. The van der Waals surface area contributed by atoms with Gasteiger partial charge in [0.25, 0.3) is 15.7 Å². The number of nitro groups is 1. The highest BCUT2D eigenvalue weighted by molar-refractivity contribution is 7.89. The molecule has 1 aliphatic heterocycles. The fraction of sp³-hybridized carbons (Fsp3) is 0.552. The van der Waals surface area contributed by atoms with Crippen LogP contribution >= 0.6 is 0 Å². The summed E-state index contributed by atoms with van der Waals surface area (Å²) in [7, 11) is -6.87. The lowest BCUT2D eigenvalue weighted by atomic mass is 9.94. The first-order chi connectivity index (χ1) is 19.1. The van der Waals surface area contributed by atoms with Crippen LogP contribution in [-0.2, 0) is 24.0 Å². The van der Waals surface area contributed by atoms with Crippen molar-refractivity contribution in [2.75, 3.05) is 19.8 Å². The first-order valence-electron chi connectivity index (χ1n) is 13.7. The lowest BCUT2D eigenvalue weighted by molar-refractivity contribution is -0.388. The van der Waals surface area contributed by atoms with E-state index in [2.05, 4.69) is 47.0 Å². The average Bonchev–Trinajstić information content (AvgIpc) is 2.85. The molecule has 0 N–H and O–H groups in total. The van der Waals surface area contributed by atoms with E-state index in [0.717, 1.165) is 12.1 Å². The summed E-state index contributed by atoms with van der Waals surface area (Å²) >= 11 is 0. The molecule has 1 aromatic rings. The van der Waals surface area contributed by atoms with Gasteiger partial charge < -0.3 is 9.16 Å². The molecule has 0 fully saturated rings. The second-order valence-electron chi connectivity index (χ2n) is 12.8. The van der Waals surface area contributed by atoms with Gasteiger partial charge in [0.15, 0.2) is 13.2 Å². The molecule has 1 amide bonds. The smallest absolute Gasteiger partial charge is 0.410 e. The minimum atomic E-state index is -4.64.